The van der Waals surface area contributed by atoms with Crippen LogP contribution in [0.2, 0.25) is 0 Å². The lowest BCUT2D eigenvalue weighted by Gasteiger charge is -2.51. The van der Waals surface area contributed by atoms with E-state index < -0.39 is 39.0 Å². The largest absolute Gasteiger partial charge is 0.600 e. The van der Waals surface area contributed by atoms with E-state index in [0.29, 0.717) is 30.0 Å². The number of benzene rings is 1. The van der Waals surface area contributed by atoms with Gasteiger partial charge in [-0.05, 0) is 37.3 Å². The van der Waals surface area contributed by atoms with Gasteiger partial charge in [0.15, 0.2) is 5.78 Å². The number of nitrogens with one attached hydrogen (secondary N) is 1. The number of hydrogen-bond donors (Lipinski definition) is 3. The van der Waals surface area contributed by atoms with E-state index in [9.17, 15) is 25.1 Å². The van der Waals surface area contributed by atoms with Gasteiger partial charge in [0.05, 0.1) is 42.0 Å². The number of hydrogen-bond acceptors (Lipinski definition) is 8. The van der Waals surface area contributed by atoms with Crippen LogP contribution in [0.25, 0.3) is 0 Å². The first-order valence-corrected chi connectivity index (χ1v) is 12.8. The Morgan fingerprint density at radius 3 is 2.61 bits per heavy atom. The highest BCUT2D eigenvalue weighted by Crippen LogP contribution is 2.69. The van der Waals surface area contributed by atoms with Gasteiger partial charge in [0.2, 0.25) is 5.91 Å². The molecule has 1 amide bonds. The SMILES string of the molecule is COc1ccc2c3c1C(=O)[C@H](O)C(C)(C)N3C(=O)[C@@]21C[C@]2([NH+]([O-])O)CN3C[C@@H]4O[C@@H]4[C@@H]3C[C@H]2C1(C)C. The van der Waals surface area contributed by atoms with E-state index in [1.807, 2.05) is 19.9 Å². The molecule has 4 fully saturated rings. The Balaban J connectivity index is 1.48. The van der Waals surface area contributed by atoms with E-state index >= 15 is 0 Å². The van der Waals surface area contributed by atoms with Crippen LogP contribution in [-0.2, 0) is 14.9 Å². The number of hydroxylamine groups is 2. The van der Waals surface area contributed by atoms with Crippen molar-refractivity contribution >= 4 is 17.4 Å². The summed E-state index contributed by atoms with van der Waals surface area (Å²) in [6.07, 6.45) is -0.280. The van der Waals surface area contributed by atoms with Crippen molar-refractivity contribution in [2.24, 2.45) is 11.3 Å². The molecule has 1 aromatic carbocycles. The van der Waals surface area contributed by atoms with Gasteiger partial charge in [-0.1, -0.05) is 19.9 Å². The van der Waals surface area contributed by atoms with Gasteiger partial charge in [0.1, 0.15) is 23.5 Å². The third-order valence-corrected chi connectivity index (χ3v) is 10.8. The summed E-state index contributed by atoms with van der Waals surface area (Å²) in [5, 5.41) is 34.1. The Kier molecular flexibility index (Phi) is 4.16. The maximum atomic E-state index is 14.7. The second kappa shape index (κ2) is 6.48. The van der Waals surface area contributed by atoms with Crippen LogP contribution < -0.4 is 14.9 Å². The standard InChI is InChI=1S/C26H33N3O7/c1-23(2)16-8-13-20-15(36-20)9-27(13)11-25(16,29(33)34)10-26(23)12-6-7-14(35-5)17-18(12)28(22(26)32)24(3,4)21(31)19(17)30/h6-7,13,15-16,20-21,29,31,33H,8-11H2,1-5H3/t13-,15-,16-,20+,21-,25-,26+/m0/s1. The maximum absolute atomic E-state index is 14.7. The number of piperidine rings is 1. The number of nitrogens with zero attached hydrogens (tertiary/aromatic N) is 2. The van der Waals surface area contributed by atoms with E-state index in [1.165, 1.54) is 7.11 Å². The van der Waals surface area contributed by atoms with Crippen LogP contribution >= 0.6 is 0 Å². The molecule has 0 radical (unpaired) electrons. The van der Waals surface area contributed by atoms with Crippen LogP contribution in [0.5, 0.6) is 5.75 Å². The van der Waals surface area contributed by atoms with Crippen molar-refractivity contribution < 1.29 is 34.6 Å². The highest BCUT2D eigenvalue weighted by Gasteiger charge is 2.79. The highest BCUT2D eigenvalue weighted by molar-refractivity contribution is 6.21. The lowest BCUT2D eigenvalue weighted by atomic mass is 9.60. The van der Waals surface area contributed by atoms with Crippen LogP contribution in [0.1, 0.15) is 56.5 Å². The predicted molar refractivity (Wildman–Crippen MR) is 126 cm³/mol. The minimum Gasteiger partial charge on any atom is -0.600 e. The molecule has 8 atom stereocenters. The van der Waals surface area contributed by atoms with Crippen molar-refractivity contribution in [2.75, 3.05) is 25.1 Å². The zero-order chi connectivity index (χ0) is 25.7. The quantitative estimate of drug-likeness (QED) is 0.384. The van der Waals surface area contributed by atoms with Crippen LogP contribution in [0.3, 0.4) is 0 Å². The number of quaternary nitrogens is 1. The van der Waals surface area contributed by atoms with Crippen molar-refractivity contribution in [3.05, 3.63) is 28.5 Å². The summed E-state index contributed by atoms with van der Waals surface area (Å²) in [7, 11) is 1.46. The number of carbonyl (C=O) groups excluding carboxylic acids is 2. The van der Waals surface area contributed by atoms with Crippen molar-refractivity contribution in [3.8, 4) is 5.75 Å². The molecule has 5 heterocycles. The predicted octanol–water partition coefficient (Wildman–Crippen LogP) is 0.0275. The summed E-state index contributed by atoms with van der Waals surface area (Å²) in [5.74, 6) is -0.668. The molecule has 7 rings (SSSR count). The van der Waals surface area contributed by atoms with Gasteiger partial charge in [-0.15, -0.1) is 0 Å². The molecule has 1 saturated carbocycles. The number of methoxy groups -OCH3 is 1. The second-order valence-electron chi connectivity index (χ2n) is 12.8. The molecule has 1 aliphatic carbocycles. The Morgan fingerprint density at radius 1 is 1.22 bits per heavy atom. The zero-order valence-corrected chi connectivity index (χ0v) is 21.2. The number of fused-ring (bicyclic) bond motifs is 5. The molecule has 194 valence electrons. The highest BCUT2D eigenvalue weighted by atomic mass is 16.8. The fraction of sp³-hybridized carbons (Fsp3) is 0.692. The number of ketones is 1. The fourth-order valence-corrected chi connectivity index (χ4v) is 8.96. The van der Waals surface area contributed by atoms with E-state index in [-0.39, 0.29) is 42.1 Å². The molecule has 5 aliphatic heterocycles. The number of ether oxygens (including phenoxy) is 2. The average Bonchev–Trinajstić information content (AvgIpc) is 3.34. The summed E-state index contributed by atoms with van der Waals surface area (Å²) in [5.41, 5.74) is -2.84. The van der Waals surface area contributed by atoms with Gasteiger partial charge in [-0.3, -0.25) is 14.5 Å². The normalized spacial score (nSPS) is 43.8. The van der Waals surface area contributed by atoms with Crippen LogP contribution in [0, 0.1) is 16.5 Å². The number of carbonyl (C=O) groups is 2. The van der Waals surface area contributed by atoms with Gasteiger partial charge in [0.25, 0.3) is 0 Å². The number of epoxide rings is 1. The fourth-order valence-electron chi connectivity index (χ4n) is 8.96. The summed E-state index contributed by atoms with van der Waals surface area (Å²) in [4.78, 5) is 32.0. The van der Waals surface area contributed by atoms with E-state index in [4.69, 9.17) is 9.47 Å². The molecule has 10 nitrogen and oxygen atoms in total. The third-order valence-electron chi connectivity index (χ3n) is 10.8. The first-order chi connectivity index (χ1) is 16.8. The van der Waals surface area contributed by atoms with E-state index in [0.717, 1.165) is 6.54 Å². The summed E-state index contributed by atoms with van der Waals surface area (Å²) in [6, 6.07) is 3.69. The van der Waals surface area contributed by atoms with E-state index in [2.05, 4.69) is 4.90 Å². The minimum atomic E-state index is -1.43. The molecule has 3 N–H and O–H groups in total. The smallest absolute Gasteiger partial charge is 0.239 e. The number of anilines is 1. The van der Waals surface area contributed by atoms with E-state index in [1.54, 1.807) is 24.8 Å². The summed E-state index contributed by atoms with van der Waals surface area (Å²) in [6.45, 7) is 8.56. The first-order valence-electron chi connectivity index (χ1n) is 12.8. The molecule has 0 bridgehead atoms. The Hall–Kier alpha value is -2.08. The monoisotopic (exact) mass is 499 g/mol. The third kappa shape index (κ3) is 2.23. The van der Waals surface area contributed by atoms with Gasteiger partial charge in [-0.2, -0.15) is 0 Å². The zero-order valence-electron chi connectivity index (χ0n) is 21.2. The summed E-state index contributed by atoms with van der Waals surface area (Å²) >= 11 is 0. The lowest BCUT2D eigenvalue weighted by Crippen LogP contribution is -3.16. The minimum absolute atomic E-state index is 0.150. The van der Waals surface area contributed by atoms with Crippen LogP contribution in [0.4, 0.5) is 5.69 Å². The molecular formula is C26H33N3O7. The molecule has 10 heteroatoms. The van der Waals surface area contributed by atoms with Gasteiger partial charge < -0.3 is 24.7 Å². The number of rotatable bonds is 2. The Labute approximate surface area is 209 Å². The number of aliphatic hydroxyl groups excluding tert-OH is 1. The van der Waals surface area contributed by atoms with Crippen molar-refractivity contribution in [3.63, 3.8) is 0 Å². The maximum Gasteiger partial charge on any atom is 0.239 e. The van der Waals surface area contributed by atoms with Crippen molar-refractivity contribution in [2.45, 2.75) is 81.4 Å². The Morgan fingerprint density at radius 2 is 1.94 bits per heavy atom. The molecule has 1 spiro atoms. The van der Waals surface area contributed by atoms with Crippen molar-refractivity contribution in [1.29, 1.82) is 0 Å². The summed E-state index contributed by atoms with van der Waals surface area (Å²) < 4.78 is 11.3. The van der Waals surface area contributed by atoms with Crippen LogP contribution in [0.15, 0.2) is 12.1 Å². The van der Waals surface area contributed by atoms with Gasteiger partial charge in [-0.25, -0.2) is 10.4 Å². The lowest BCUT2D eigenvalue weighted by molar-refractivity contribution is -1.09. The molecule has 1 unspecified atom stereocenters. The van der Waals surface area contributed by atoms with Gasteiger partial charge in [0, 0.05) is 24.9 Å². The number of aliphatic hydroxyl groups is 1. The van der Waals surface area contributed by atoms with Crippen LogP contribution in [-0.4, -0.2) is 82.5 Å². The molecule has 6 aliphatic rings. The number of Topliss-reactive ketones (excluding diaryl/α,β-unsaturated/α-hetero) is 1. The average molecular weight is 500 g/mol. The molecule has 36 heavy (non-hydrogen) atoms. The molecule has 3 saturated heterocycles. The molecule has 1 aromatic rings. The van der Waals surface area contributed by atoms with Crippen molar-refractivity contribution in [1.82, 2.24) is 4.90 Å². The number of amides is 1. The first kappa shape index (κ1) is 23.1. The van der Waals surface area contributed by atoms with Gasteiger partial charge >= 0.3 is 0 Å². The number of morpholine rings is 1. The topological polar surface area (TPSA) is 130 Å². The Bertz CT molecular complexity index is 1230. The molecular weight excluding hydrogens is 466 g/mol. The molecule has 0 aromatic heterocycles. The second-order valence-corrected chi connectivity index (χ2v) is 12.8.